The lowest BCUT2D eigenvalue weighted by Gasteiger charge is -2.38. The van der Waals surface area contributed by atoms with Crippen LogP contribution < -0.4 is 9.62 Å². The zero-order chi connectivity index (χ0) is 23.5. The van der Waals surface area contributed by atoms with Gasteiger partial charge < -0.3 is 9.64 Å². The second-order valence-corrected chi connectivity index (χ2v) is 10.7. The number of rotatable bonds is 7. The van der Waals surface area contributed by atoms with Crippen LogP contribution >= 0.6 is 0 Å². The van der Waals surface area contributed by atoms with Gasteiger partial charge in [0.15, 0.2) is 0 Å². The Bertz CT molecular complexity index is 1270. The Morgan fingerprint density at radius 3 is 2.73 bits per heavy atom. The maximum atomic E-state index is 15.2. The van der Waals surface area contributed by atoms with Crippen molar-refractivity contribution in [3.63, 3.8) is 0 Å². The zero-order valence-electron chi connectivity index (χ0n) is 18.6. The molecule has 0 spiro atoms. The van der Waals surface area contributed by atoms with E-state index in [9.17, 15) is 13.2 Å². The van der Waals surface area contributed by atoms with Crippen molar-refractivity contribution >= 4 is 27.6 Å². The van der Waals surface area contributed by atoms with Gasteiger partial charge in [0.2, 0.25) is 16.0 Å². The number of hydrogen-bond donors (Lipinski definition) is 1. The number of anilines is 1. The van der Waals surface area contributed by atoms with Gasteiger partial charge >= 0.3 is 0 Å². The number of carbonyl (C=O) groups is 1. The number of amides is 1. The van der Waals surface area contributed by atoms with Crippen molar-refractivity contribution in [2.24, 2.45) is 12.0 Å². The number of aliphatic imine (C=N–C) groups is 1. The van der Waals surface area contributed by atoms with Crippen LogP contribution in [0, 0.1) is 5.82 Å². The number of nitrogens with one attached hydrogen (secondary N) is 1. The molecule has 0 radical (unpaired) electrons. The van der Waals surface area contributed by atoms with E-state index in [1.54, 1.807) is 43.1 Å². The molecule has 2 aliphatic heterocycles. The largest absolute Gasteiger partial charge is 0.382 e. The molecule has 2 aromatic rings. The molecule has 0 bridgehead atoms. The minimum atomic E-state index is -4.14. The summed E-state index contributed by atoms with van der Waals surface area (Å²) in [5.74, 6) is -0.977. The maximum Gasteiger partial charge on any atom is 0.263 e. The second kappa shape index (κ2) is 7.61. The molecule has 0 unspecified atom stereocenters. The van der Waals surface area contributed by atoms with Crippen molar-refractivity contribution < 1.29 is 22.3 Å². The van der Waals surface area contributed by atoms with Crippen LogP contribution in [0.25, 0.3) is 0 Å². The fourth-order valence-electron chi connectivity index (χ4n) is 4.25. The Kier molecular flexibility index (Phi) is 5.07. The first kappa shape index (κ1) is 22.0. The molecule has 0 saturated heterocycles. The van der Waals surface area contributed by atoms with Crippen LogP contribution in [-0.4, -0.2) is 66.8 Å². The van der Waals surface area contributed by atoms with Crippen LogP contribution in [0.15, 0.2) is 34.4 Å². The van der Waals surface area contributed by atoms with E-state index in [2.05, 4.69) is 14.8 Å². The maximum absolute atomic E-state index is 15.2. The van der Waals surface area contributed by atoms with Crippen LogP contribution in [0.4, 0.5) is 10.1 Å². The smallest absolute Gasteiger partial charge is 0.263 e. The molecule has 1 N–H and O–H groups in total. The average Bonchev–Trinajstić information content (AvgIpc) is 3.11. The molecule has 3 aliphatic rings. The summed E-state index contributed by atoms with van der Waals surface area (Å²) in [5.41, 5.74) is 0.597. The van der Waals surface area contributed by atoms with E-state index in [-0.39, 0.29) is 23.8 Å². The fourth-order valence-corrected chi connectivity index (χ4v) is 5.80. The van der Waals surface area contributed by atoms with Crippen LogP contribution in [0.1, 0.15) is 35.7 Å². The quantitative estimate of drug-likeness (QED) is 0.644. The molecular weight excluding hydrogens is 451 g/mol. The van der Waals surface area contributed by atoms with E-state index in [1.165, 1.54) is 4.90 Å². The Morgan fingerprint density at radius 2 is 2.09 bits per heavy atom. The first-order valence-electron chi connectivity index (χ1n) is 10.6. The molecule has 3 heterocycles. The van der Waals surface area contributed by atoms with Crippen molar-refractivity contribution in [1.82, 2.24) is 19.4 Å². The Morgan fingerprint density at radius 1 is 1.33 bits per heavy atom. The van der Waals surface area contributed by atoms with E-state index in [4.69, 9.17) is 4.74 Å². The van der Waals surface area contributed by atoms with E-state index < -0.39 is 32.2 Å². The van der Waals surface area contributed by atoms with Gasteiger partial charge in [-0.2, -0.15) is 5.10 Å². The fraction of sp³-hybridized carbons (Fsp3) is 0.476. The van der Waals surface area contributed by atoms with Crippen LogP contribution in [0.5, 0.6) is 0 Å². The van der Waals surface area contributed by atoms with Crippen molar-refractivity contribution in [2.45, 2.75) is 42.8 Å². The number of sulfonamides is 1. The molecule has 12 heteroatoms. The summed E-state index contributed by atoms with van der Waals surface area (Å²) in [6, 6.07) is 2.00. The molecule has 1 aromatic carbocycles. The van der Waals surface area contributed by atoms with Gasteiger partial charge in [0.05, 0.1) is 43.2 Å². The zero-order valence-corrected chi connectivity index (χ0v) is 19.4. The Balaban J connectivity index is 1.60. The van der Waals surface area contributed by atoms with Crippen LogP contribution in [-0.2, 0) is 28.4 Å². The molecule has 1 amide bonds. The SMILES string of the molecule is COC[C@@H]1CN=C2N(Cc3cnn(C)c3)C(=O)c3cc(S(=O)(=O)NC4(C)CC4)c(F)cc3N21. The first-order valence-corrected chi connectivity index (χ1v) is 12.1. The minimum absolute atomic E-state index is 0.101. The molecule has 10 nitrogen and oxygen atoms in total. The number of aromatic nitrogens is 2. The van der Waals surface area contributed by atoms with Gasteiger partial charge in [-0.25, -0.2) is 22.5 Å². The van der Waals surface area contributed by atoms with Gasteiger partial charge in [-0.15, -0.1) is 0 Å². The van der Waals surface area contributed by atoms with Crippen LogP contribution in [0.2, 0.25) is 0 Å². The predicted octanol–water partition coefficient (Wildman–Crippen LogP) is 1.24. The third kappa shape index (κ3) is 3.81. The van der Waals surface area contributed by atoms with Gasteiger partial charge in [0.1, 0.15) is 10.7 Å². The third-order valence-corrected chi connectivity index (χ3v) is 7.83. The number of fused-ring (bicyclic) bond motifs is 3. The van der Waals surface area contributed by atoms with E-state index >= 15 is 4.39 Å². The number of hydrogen-bond acceptors (Lipinski definition) is 7. The lowest BCUT2D eigenvalue weighted by atomic mass is 10.1. The highest BCUT2D eigenvalue weighted by Gasteiger charge is 2.45. The number of methoxy groups -OCH3 is 1. The standard InChI is InChI=1S/C21H25FN6O4S/c1-21(4-5-21)25-33(30,31)18-6-15-17(7-16(18)22)28-14(12-32-3)9-23-20(28)27(19(15)29)11-13-8-24-26(2)10-13/h6-8,10,14,25H,4-5,9,11-12H2,1-3H3/t14-/m0/s1. The normalized spacial score (nSPS) is 21.2. The summed E-state index contributed by atoms with van der Waals surface area (Å²) in [6.45, 7) is 2.63. The summed E-state index contributed by atoms with van der Waals surface area (Å²) in [7, 11) is -0.811. The summed E-state index contributed by atoms with van der Waals surface area (Å²) < 4.78 is 50.5. The lowest BCUT2D eigenvalue weighted by molar-refractivity contribution is 0.0831. The summed E-state index contributed by atoms with van der Waals surface area (Å²) >= 11 is 0. The molecule has 1 fully saturated rings. The number of benzene rings is 1. The molecular formula is C21H25FN6O4S. The Labute approximate surface area is 191 Å². The lowest BCUT2D eigenvalue weighted by Crippen LogP contribution is -2.53. The molecule has 1 aromatic heterocycles. The van der Waals surface area contributed by atoms with Gasteiger partial charge in [0, 0.05) is 31.5 Å². The monoisotopic (exact) mass is 476 g/mol. The van der Waals surface area contributed by atoms with Crippen molar-refractivity contribution in [1.29, 1.82) is 0 Å². The van der Waals surface area contributed by atoms with E-state index in [0.29, 0.717) is 32.0 Å². The predicted molar refractivity (Wildman–Crippen MR) is 118 cm³/mol. The van der Waals surface area contributed by atoms with Crippen molar-refractivity contribution in [3.05, 3.63) is 41.5 Å². The van der Waals surface area contributed by atoms with Gasteiger partial charge in [-0.1, -0.05) is 0 Å². The molecule has 1 aliphatic carbocycles. The molecule has 176 valence electrons. The van der Waals surface area contributed by atoms with Crippen molar-refractivity contribution in [3.8, 4) is 0 Å². The molecule has 1 saturated carbocycles. The van der Waals surface area contributed by atoms with E-state index in [0.717, 1.165) is 17.7 Å². The van der Waals surface area contributed by atoms with Gasteiger partial charge in [-0.3, -0.25) is 14.4 Å². The average molecular weight is 477 g/mol. The number of aryl methyl sites for hydroxylation is 1. The minimum Gasteiger partial charge on any atom is -0.382 e. The highest BCUT2D eigenvalue weighted by Crippen LogP contribution is 2.39. The summed E-state index contributed by atoms with van der Waals surface area (Å²) in [5, 5.41) is 4.15. The summed E-state index contributed by atoms with van der Waals surface area (Å²) in [4.78, 5) is 20.8. The summed E-state index contributed by atoms with van der Waals surface area (Å²) in [6.07, 6.45) is 4.80. The number of nitrogens with zero attached hydrogens (tertiary/aromatic N) is 5. The highest BCUT2D eigenvalue weighted by atomic mass is 32.2. The number of ether oxygens (including phenoxy) is 1. The van der Waals surface area contributed by atoms with Gasteiger partial charge in [-0.05, 0) is 31.9 Å². The Hall–Kier alpha value is -2.83. The van der Waals surface area contributed by atoms with Crippen molar-refractivity contribution in [2.75, 3.05) is 25.2 Å². The van der Waals surface area contributed by atoms with E-state index in [1.807, 2.05) is 0 Å². The highest BCUT2D eigenvalue weighted by molar-refractivity contribution is 7.89. The van der Waals surface area contributed by atoms with Crippen LogP contribution in [0.3, 0.4) is 0 Å². The molecule has 5 rings (SSSR count). The number of carbonyl (C=O) groups excluding carboxylic acids is 1. The second-order valence-electron chi connectivity index (χ2n) is 9.00. The molecule has 1 atom stereocenters. The number of halogens is 1. The topological polar surface area (TPSA) is 109 Å². The first-order chi connectivity index (χ1) is 15.6. The third-order valence-electron chi connectivity index (χ3n) is 6.18. The van der Waals surface area contributed by atoms with Gasteiger partial charge in [0.25, 0.3) is 5.91 Å². The molecule has 33 heavy (non-hydrogen) atoms. The number of guanidine groups is 1.